The average Bonchev–Trinajstić information content (AvgIpc) is 3.29. The standard InChI is InChI=1S/C28H28F2N2O2/c1-3-5-18(2)34-28(33)31-22-14-12-20(13-15-22)19-8-10-21(11-9-19)25-16-17-26(32-25)27-23(29)6-4-7-24(27)30/h4,6-15,18,25H,3,5,16-17H2,1-2H3,(H,31,33). The van der Waals surface area contributed by atoms with Gasteiger partial charge in [-0.3, -0.25) is 10.3 Å². The maximum Gasteiger partial charge on any atom is 0.411 e. The van der Waals surface area contributed by atoms with E-state index in [1.165, 1.54) is 18.2 Å². The fraction of sp³-hybridized carbons (Fsp3) is 0.286. The number of nitrogens with one attached hydrogen (secondary N) is 1. The Hall–Kier alpha value is -3.54. The molecule has 1 aliphatic heterocycles. The van der Waals surface area contributed by atoms with E-state index >= 15 is 0 Å². The molecule has 3 aromatic rings. The first kappa shape index (κ1) is 23.6. The molecule has 0 bridgehead atoms. The molecular weight excluding hydrogens is 434 g/mol. The van der Waals surface area contributed by atoms with Crippen molar-refractivity contribution < 1.29 is 18.3 Å². The Labute approximate surface area is 198 Å². The fourth-order valence-corrected chi connectivity index (χ4v) is 4.23. The van der Waals surface area contributed by atoms with Crippen molar-refractivity contribution in [3.05, 3.63) is 89.5 Å². The summed E-state index contributed by atoms with van der Waals surface area (Å²) in [5, 5.41) is 2.75. The lowest BCUT2D eigenvalue weighted by Crippen LogP contribution is -2.19. The van der Waals surface area contributed by atoms with Crippen LogP contribution in [0.25, 0.3) is 11.1 Å². The number of benzene rings is 3. The Kier molecular flexibility index (Phi) is 7.36. The zero-order valence-electron chi connectivity index (χ0n) is 19.4. The van der Waals surface area contributed by atoms with Crippen molar-refractivity contribution in [2.45, 2.75) is 51.7 Å². The van der Waals surface area contributed by atoms with Crippen LogP contribution in [-0.2, 0) is 4.74 Å². The van der Waals surface area contributed by atoms with Crippen molar-refractivity contribution in [3.63, 3.8) is 0 Å². The predicted molar refractivity (Wildman–Crippen MR) is 131 cm³/mol. The lowest BCUT2D eigenvalue weighted by molar-refractivity contribution is 0.115. The highest BCUT2D eigenvalue weighted by atomic mass is 19.1. The van der Waals surface area contributed by atoms with E-state index in [4.69, 9.17) is 4.74 Å². The largest absolute Gasteiger partial charge is 0.446 e. The van der Waals surface area contributed by atoms with Crippen molar-refractivity contribution >= 4 is 17.5 Å². The first-order valence-electron chi connectivity index (χ1n) is 11.6. The summed E-state index contributed by atoms with van der Waals surface area (Å²) in [4.78, 5) is 16.6. The van der Waals surface area contributed by atoms with Gasteiger partial charge in [-0.25, -0.2) is 13.6 Å². The minimum absolute atomic E-state index is 0.0148. The van der Waals surface area contributed by atoms with Crippen LogP contribution in [0.3, 0.4) is 0 Å². The van der Waals surface area contributed by atoms with Gasteiger partial charge in [-0.2, -0.15) is 0 Å². The monoisotopic (exact) mass is 462 g/mol. The quantitative estimate of drug-likeness (QED) is 0.391. The number of halogens is 2. The topological polar surface area (TPSA) is 50.7 Å². The molecule has 4 rings (SSSR count). The third kappa shape index (κ3) is 5.50. The number of amides is 1. The molecule has 34 heavy (non-hydrogen) atoms. The summed E-state index contributed by atoms with van der Waals surface area (Å²) < 4.78 is 33.5. The minimum Gasteiger partial charge on any atom is -0.446 e. The highest BCUT2D eigenvalue weighted by Gasteiger charge is 2.24. The van der Waals surface area contributed by atoms with E-state index in [-0.39, 0.29) is 17.7 Å². The number of rotatable bonds is 7. The zero-order valence-corrected chi connectivity index (χ0v) is 19.4. The molecule has 1 heterocycles. The summed E-state index contributed by atoms with van der Waals surface area (Å²) in [7, 11) is 0. The van der Waals surface area contributed by atoms with Crippen LogP contribution in [0.4, 0.5) is 19.3 Å². The van der Waals surface area contributed by atoms with Crippen LogP contribution >= 0.6 is 0 Å². The predicted octanol–water partition coefficient (Wildman–Crippen LogP) is 7.69. The Balaban J connectivity index is 1.41. The molecule has 1 amide bonds. The number of anilines is 1. The maximum absolute atomic E-state index is 14.1. The Morgan fingerprint density at radius 3 is 2.26 bits per heavy atom. The third-order valence-electron chi connectivity index (χ3n) is 5.98. The van der Waals surface area contributed by atoms with E-state index in [1.54, 1.807) is 0 Å². The van der Waals surface area contributed by atoms with E-state index in [9.17, 15) is 13.6 Å². The number of hydrogen-bond donors (Lipinski definition) is 1. The number of carbonyl (C=O) groups excluding carboxylic acids is 1. The normalized spacial score (nSPS) is 16.1. The van der Waals surface area contributed by atoms with Crippen LogP contribution in [0.15, 0.2) is 71.7 Å². The Bertz CT molecular complexity index is 1150. The van der Waals surface area contributed by atoms with Crippen molar-refractivity contribution in [3.8, 4) is 11.1 Å². The van der Waals surface area contributed by atoms with E-state index in [0.29, 0.717) is 17.8 Å². The Morgan fingerprint density at radius 1 is 1.03 bits per heavy atom. The first-order chi connectivity index (χ1) is 16.4. The average molecular weight is 463 g/mol. The summed E-state index contributed by atoms with van der Waals surface area (Å²) in [6.07, 6.45) is 2.48. The molecule has 0 aromatic heterocycles. The summed E-state index contributed by atoms with van der Waals surface area (Å²) in [5.41, 5.74) is 4.18. The molecule has 0 spiro atoms. The zero-order chi connectivity index (χ0) is 24.1. The summed E-state index contributed by atoms with van der Waals surface area (Å²) in [6.45, 7) is 3.93. The first-order valence-corrected chi connectivity index (χ1v) is 11.6. The van der Waals surface area contributed by atoms with Gasteiger partial charge in [-0.15, -0.1) is 0 Å². The third-order valence-corrected chi connectivity index (χ3v) is 5.98. The molecule has 0 fully saturated rings. The molecule has 6 heteroatoms. The van der Waals surface area contributed by atoms with Gasteiger partial charge in [0.2, 0.25) is 0 Å². The van der Waals surface area contributed by atoms with Gasteiger partial charge in [0.05, 0.1) is 11.6 Å². The number of nitrogens with zero attached hydrogens (tertiary/aromatic N) is 1. The summed E-state index contributed by atoms with van der Waals surface area (Å²) >= 11 is 0. The molecule has 2 unspecified atom stereocenters. The maximum atomic E-state index is 14.1. The van der Waals surface area contributed by atoms with Crippen LogP contribution in [0, 0.1) is 11.6 Å². The van der Waals surface area contributed by atoms with Gasteiger partial charge in [0.25, 0.3) is 0 Å². The summed E-state index contributed by atoms with van der Waals surface area (Å²) in [5.74, 6) is -1.15. The van der Waals surface area contributed by atoms with Crippen molar-refractivity contribution in [2.75, 3.05) is 5.32 Å². The molecule has 176 valence electrons. The minimum atomic E-state index is -0.573. The van der Waals surface area contributed by atoms with Gasteiger partial charge in [0.15, 0.2) is 0 Å². The van der Waals surface area contributed by atoms with E-state index in [0.717, 1.165) is 36.0 Å². The van der Waals surface area contributed by atoms with E-state index in [1.807, 2.05) is 62.4 Å². The molecule has 3 aromatic carbocycles. The van der Waals surface area contributed by atoms with Gasteiger partial charge >= 0.3 is 6.09 Å². The fourth-order valence-electron chi connectivity index (χ4n) is 4.23. The van der Waals surface area contributed by atoms with Crippen LogP contribution in [0.5, 0.6) is 0 Å². The van der Waals surface area contributed by atoms with Crippen LogP contribution < -0.4 is 5.32 Å². The van der Waals surface area contributed by atoms with Crippen molar-refractivity contribution in [1.29, 1.82) is 0 Å². The number of carbonyl (C=O) groups is 1. The number of aliphatic imine (C=N–C) groups is 1. The van der Waals surface area contributed by atoms with Crippen LogP contribution in [-0.4, -0.2) is 17.9 Å². The molecule has 4 nitrogen and oxygen atoms in total. The van der Waals surface area contributed by atoms with Gasteiger partial charge in [-0.1, -0.05) is 55.8 Å². The van der Waals surface area contributed by atoms with Gasteiger partial charge < -0.3 is 4.74 Å². The van der Waals surface area contributed by atoms with Crippen LogP contribution in [0.2, 0.25) is 0 Å². The number of hydrogen-bond acceptors (Lipinski definition) is 3. The lowest BCUT2D eigenvalue weighted by Gasteiger charge is -2.13. The van der Waals surface area contributed by atoms with Crippen LogP contribution in [0.1, 0.15) is 56.7 Å². The second-order valence-corrected chi connectivity index (χ2v) is 8.56. The van der Waals surface area contributed by atoms with E-state index in [2.05, 4.69) is 10.3 Å². The molecule has 0 saturated heterocycles. The molecule has 0 aliphatic carbocycles. The van der Waals surface area contributed by atoms with Gasteiger partial charge in [-0.05, 0) is 67.1 Å². The molecule has 0 radical (unpaired) electrons. The molecule has 0 saturated carbocycles. The van der Waals surface area contributed by atoms with Crippen molar-refractivity contribution in [1.82, 2.24) is 0 Å². The molecule has 1 aliphatic rings. The second kappa shape index (κ2) is 10.6. The van der Waals surface area contributed by atoms with Gasteiger partial charge in [0.1, 0.15) is 17.7 Å². The second-order valence-electron chi connectivity index (χ2n) is 8.56. The molecular formula is C28H28F2N2O2. The van der Waals surface area contributed by atoms with Gasteiger partial charge in [0, 0.05) is 11.4 Å². The SMILES string of the molecule is CCCC(C)OC(=O)Nc1ccc(-c2ccc(C3CCC(c4c(F)cccc4F)=N3)cc2)cc1. The Morgan fingerprint density at radius 2 is 1.65 bits per heavy atom. The molecule has 1 N–H and O–H groups in total. The smallest absolute Gasteiger partial charge is 0.411 e. The van der Waals surface area contributed by atoms with E-state index < -0.39 is 17.7 Å². The number of ether oxygens (including phenoxy) is 1. The highest BCUT2D eigenvalue weighted by Crippen LogP contribution is 2.33. The highest BCUT2D eigenvalue weighted by molar-refractivity contribution is 6.02. The summed E-state index contributed by atoms with van der Waals surface area (Å²) in [6, 6.07) is 19.4. The lowest BCUT2D eigenvalue weighted by atomic mass is 9.99. The van der Waals surface area contributed by atoms with Crippen molar-refractivity contribution in [2.24, 2.45) is 4.99 Å². The molecule has 2 atom stereocenters.